The Labute approximate surface area is 103 Å². The van der Waals surface area contributed by atoms with E-state index in [4.69, 9.17) is 0 Å². The van der Waals surface area contributed by atoms with Crippen LogP contribution in [0.2, 0.25) is 0 Å². The third-order valence-electron chi connectivity index (χ3n) is 2.43. The molecule has 0 aliphatic carbocycles. The van der Waals surface area contributed by atoms with Crippen LogP contribution in [0.1, 0.15) is 34.1 Å². The number of nitrogens with one attached hydrogen (secondary N) is 2. The Morgan fingerprint density at radius 1 is 1.18 bits per heavy atom. The van der Waals surface area contributed by atoms with Gasteiger partial charge in [0.2, 0.25) is 5.91 Å². The fourth-order valence-corrected chi connectivity index (χ4v) is 1.31. The van der Waals surface area contributed by atoms with E-state index in [0.29, 0.717) is 12.5 Å². The van der Waals surface area contributed by atoms with Crippen LogP contribution >= 0.6 is 0 Å². The number of methoxy groups -OCH3 is 1. The molecule has 0 spiro atoms. The average molecular weight is 244 g/mol. The van der Waals surface area contributed by atoms with Crippen LogP contribution in [0.4, 0.5) is 4.79 Å². The van der Waals surface area contributed by atoms with Gasteiger partial charge in [-0.05, 0) is 18.3 Å². The van der Waals surface area contributed by atoms with Crippen LogP contribution in [0.3, 0.4) is 0 Å². The van der Waals surface area contributed by atoms with Crippen molar-refractivity contribution in [2.45, 2.75) is 40.2 Å². The van der Waals surface area contributed by atoms with Gasteiger partial charge in [0.25, 0.3) is 0 Å². The standard InChI is InChI=1S/C12H24N2O3/c1-8(2)6-7-13-11(15)10(9(3)4)14-12(16)17-5/h8-10H,6-7H2,1-5H3,(H,13,15)(H,14,16)/t10-/m0/s1. The van der Waals surface area contributed by atoms with Crippen LogP contribution in [0.15, 0.2) is 0 Å². The van der Waals surface area contributed by atoms with Crippen LogP contribution in [0.25, 0.3) is 0 Å². The molecule has 0 aliphatic rings. The Hall–Kier alpha value is -1.26. The van der Waals surface area contributed by atoms with Gasteiger partial charge in [-0.1, -0.05) is 27.7 Å². The van der Waals surface area contributed by atoms with Gasteiger partial charge in [-0.25, -0.2) is 4.79 Å². The lowest BCUT2D eigenvalue weighted by atomic mass is 10.0. The van der Waals surface area contributed by atoms with E-state index in [1.165, 1.54) is 7.11 Å². The van der Waals surface area contributed by atoms with Crippen molar-refractivity contribution in [3.05, 3.63) is 0 Å². The Kier molecular flexibility index (Phi) is 7.34. The minimum absolute atomic E-state index is 0.0214. The maximum atomic E-state index is 11.8. The van der Waals surface area contributed by atoms with Gasteiger partial charge in [0, 0.05) is 6.54 Å². The fraction of sp³-hybridized carbons (Fsp3) is 0.833. The maximum Gasteiger partial charge on any atom is 0.407 e. The topological polar surface area (TPSA) is 67.4 Å². The van der Waals surface area contributed by atoms with Crippen LogP contribution in [-0.2, 0) is 9.53 Å². The second kappa shape index (κ2) is 7.92. The number of amides is 2. The Balaban J connectivity index is 4.20. The SMILES string of the molecule is COC(=O)N[C@H](C(=O)NCCC(C)C)C(C)C. The molecule has 5 nitrogen and oxygen atoms in total. The number of carbonyl (C=O) groups is 2. The molecule has 0 aromatic heterocycles. The summed E-state index contributed by atoms with van der Waals surface area (Å²) in [6, 6.07) is -0.547. The van der Waals surface area contributed by atoms with Crippen molar-refractivity contribution in [3.8, 4) is 0 Å². The first-order valence-electron chi connectivity index (χ1n) is 6.00. The molecule has 0 aliphatic heterocycles. The first kappa shape index (κ1) is 15.7. The molecule has 2 N–H and O–H groups in total. The highest BCUT2D eigenvalue weighted by Gasteiger charge is 2.23. The molecule has 100 valence electrons. The minimum atomic E-state index is -0.581. The first-order chi connectivity index (χ1) is 7.88. The normalized spacial score (nSPS) is 12.4. The first-order valence-corrected chi connectivity index (χ1v) is 6.00. The van der Waals surface area contributed by atoms with Crippen LogP contribution in [0.5, 0.6) is 0 Å². The predicted octanol–water partition coefficient (Wildman–Crippen LogP) is 1.53. The summed E-state index contributed by atoms with van der Waals surface area (Å²) in [5.41, 5.74) is 0. The van der Waals surface area contributed by atoms with Gasteiger partial charge in [0.1, 0.15) is 6.04 Å². The minimum Gasteiger partial charge on any atom is -0.453 e. The second-order valence-electron chi connectivity index (χ2n) is 4.83. The molecule has 0 bridgehead atoms. The Morgan fingerprint density at radius 3 is 2.18 bits per heavy atom. The van der Waals surface area contributed by atoms with Gasteiger partial charge in [-0.2, -0.15) is 0 Å². The van der Waals surface area contributed by atoms with E-state index < -0.39 is 12.1 Å². The van der Waals surface area contributed by atoms with E-state index in [1.54, 1.807) is 0 Å². The van der Waals surface area contributed by atoms with Gasteiger partial charge in [-0.3, -0.25) is 4.79 Å². The molecule has 0 saturated carbocycles. The van der Waals surface area contributed by atoms with Gasteiger partial charge in [0.05, 0.1) is 7.11 Å². The third kappa shape index (κ3) is 6.81. The molecule has 17 heavy (non-hydrogen) atoms. The van der Waals surface area contributed by atoms with E-state index in [9.17, 15) is 9.59 Å². The molecule has 0 radical (unpaired) electrons. The summed E-state index contributed by atoms with van der Waals surface area (Å²) in [4.78, 5) is 22.9. The largest absolute Gasteiger partial charge is 0.453 e. The summed E-state index contributed by atoms with van der Waals surface area (Å²) in [6.07, 6.45) is 0.345. The van der Waals surface area contributed by atoms with E-state index in [-0.39, 0.29) is 11.8 Å². The average Bonchev–Trinajstić information content (AvgIpc) is 2.24. The van der Waals surface area contributed by atoms with Crippen molar-refractivity contribution in [2.75, 3.05) is 13.7 Å². The highest BCUT2D eigenvalue weighted by molar-refractivity contribution is 5.85. The van der Waals surface area contributed by atoms with E-state index in [0.717, 1.165) is 6.42 Å². The Morgan fingerprint density at radius 2 is 1.76 bits per heavy atom. The third-order valence-corrected chi connectivity index (χ3v) is 2.43. The van der Waals surface area contributed by atoms with Gasteiger partial charge in [-0.15, -0.1) is 0 Å². The van der Waals surface area contributed by atoms with Gasteiger partial charge < -0.3 is 15.4 Å². The van der Waals surface area contributed by atoms with Gasteiger partial charge in [0.15, 0.2) is 0 Å². The summed E-state index contributed by atoms with van der Waals surface area (Å²) in [5, 5.41) is 5.35. The number of rotatable bonds is 6. The lowest BCUT2D eigenvalue weighted by molar-refractivity contribution is -0.124. The second-order valence-corrected chi connectivity index (χ2v) is 4.83. The summed E-state index contributed by atoms with van der Waals surface area (Å²) < 4.78 is 4.49. The zero-order chi connectivity index (χ0) is 13.4. The highest BCUT2D eigenvalue weighted by atomic mass is 16.5. The summed E-state index contributed by atoms with van der Waals surface area (Å²) in [6.45, 7) is 8.57. The lowest BCUT2D eigenvalue weighted by Gasteiger charge is -2.21. The van der Waals surface area contributed by atoms with Crippen LogP contribution in [-0.4, -0.2) is 31.7 Å². The molecule has 0 fully saturated rings. The quantitative estimate of drug-likeness (QED) is 0.744. The smallest absolute Gasteiger partial charge is 0.407 e. The zero-order valence-corrected chi connectivity index (χ0v) is 11.4. The number of hydrogen-bond donors (Lipinski definition) is 2. The highest BCUT2D eigenvalue weighted by Crippen LogP contribution is 2.03. The number of carbonyl (C=O) groups excluding carboxylic acids is 2. The van der Waals surface area contributed by atoms with Crippen LogP contribution < -0.4 is 10.6 Å². The monoisotopic (exact) mass is 244 g/mol. The molecule has 2 amide bonds. The fourth-order valence-electron chi connectivity index (χ4n) is 1.31. The van der Waals surface area contributed by atoms with Crippen molar-refractivity contribution < 1.29 is 14.3 Å². The zero-order valence-electron chi connectivity index (χ0n) is 11.4. The molecule has 0 heterocycles. The van der Waals surface area contributed by atoms with Crippen molar-refractivity contribution in [3.63, 3.8) is 0 Å². The van der Waals surface area contributed by atoms with Crippen molar-refractivity contribution >= 4 is 12.0 Å². The van der Waals surface area contributed by atoms with Crippen LogP contribution in [0, 0.1) is 11.8 Å². The van der Waals surface area contributed by atoms with E-state index in [2.05, 4.69) is 29.2 Å². The number of hydrogen-bond acceptors (Lipinski definition) is 3. The summed E-state index contributed by atoms with van der Waals surface area (Å²) in [7, 11) is 1.28. The maximum absolute atomic E-state index is 11.8. The molecule has 5 heteroatoms. The molecule has 0 unspecified atom stereocenters. The predicted molar refractivity (Wildman–Crippen MR) is 66.6 cm³/mol. The Bertz CT molecular complexity index is 252. The molecule has 1 atom stereocenters. The molecule has 0 rings (SSSR count). The van der Waals surface area contributed by atoms with Gasteiger partial charge >= 0.3 is 6.09 Å². The summed E-state index contributed by atoms with van der Waals surface area (Å²) >= 11 is 0. The van der Waals surface area contributed by atoms with E-state index in [1.807, 2.05) is 13.8 Å². The summed E-state index contributed by atoms with van der Waals surface area (Å²) in [5.74, 6) is 0.403. The van der Waals surface area contributed by atoms with Crippen molar-refractivity contribution in [2.24, 2.45) is 11.8 Å². The lowest BCUT2D eigenvalue weighted by Crippen LogP contribution is -2.49. The number of ether oxygens (including phenoxy) is 1. The molecular weight excluding hydrogens is 220 g/mol. The molecule has 0 saturated heterocycles. The molecule has 0 aromatic carbocycles. The number of alkyl carbamates (subject to hydrolysis) is 1. The van der Waals surface area contributed by atoms with Crippen molar-refractivity contribution in [1.82, 2.24) is 10.6 Å². The van der Waals surface area contributed by atoms with E-state index >= 15 is 0 Å². The molecular formula is C12H24N2O3. The molecule has 0 aromatic rings. The van der Waals surface area contributed by atoms with Crippen molar-refractivity contribution in [1.29, 1.82) is 0 Å².